The van der Waals surface area contributed by atoms with Crippen molar-refractivity contribution in [2.45, 2.75) is 19.1 Å². The molecular weight excluding hydrogens is 178 g/mol. The van der Waals surface area contributed by atoms with Crippen LogP contribution >= 0.6 is 24.0 Å². The van der Waals surface area contributed by atoms with Crippen LogP contribution in [0, 0.1) is 5.92 Å². The van der Waals surface area contributed by atoms with Crippen molar-refractivity contribution >= 4 is 34.2 Å². The van der Waals surface area contributed by atoms with E-state index in [1.807, 2.05) is 13.8 Å². The molecule has 1 aliphatic heterocycles. The van der Waals surface area contributed by atoms with Crippen LogP contribution in [-0.2, 0) is 4.79 Å². The zero-order valence-corrected chi connectivity index (χ0v) is 8.46. The van der Waals surface area contributed by atoms with Crippen LogP contribution in [0.3, 0.4) is 0 Å². The van der Waals surface area contributed by atoms with Gasteiger partial charge in [0.15, 0.2) is 0 Å². The van der Waals surface area contributed by atoms with Gasteiger partial charge in [-0.2, -0.15) is 0 Å². The van der Waals surface area contributed by atoms with E-state index in [0.717, 1.165) is 0 Å². The molecule has 1 amide bonds. The number of rotatable bonds is 1. The first-order valence-corrected chi connectivity index (χ1v) is 4.81. The molecule has 0 saturated carbocycles. The summed E-state index contributed by atoms with van der Waals surface area (Å²) in [6.07, 6.45) is 0. The molecule has 0 bridgehead atoms. The third kappa shape index (κ3) is 1.56. The normalized spacial score (nSPS) is 25.5. The minimum atomic E-state index is 0.0486. The predicted octanol–water partition coefficient (Wildman–Crippen LogP) is 1.50. The number of hydrogen-bond acceptors (Lipinski definition) is 3. The maximum Gasteiger partial charge on any atom is 0.241 e. The van der Waals surface area contributed by atoms with Crippen molar-refractivity contribution in [3.05, 3.63) is 0 Å². The molecule has 0 aliphatic carbocycles. The van der Waals surface area contributed by atoms with Gasteiger partial charge in [-0.3, -0.25) is 9.69 Å². The quantitative estimate of drug-likeness (QED) is 0.583. The largest absolute Gasteiger partial charge is 0.300 e. The Morgan fingerprint density at radius 1 is 1.64 bits per heavy atom. The van der Waals surface area contributed by atoms with Crippen LogP contribution in [0.2, 0.25) is 0 Å². The maximum atomic E-state index is 11.4. The average molecular weight is 189 g/mol. The lowest BCUT2D eigenvalue weighted by atomic mass is 10.1. The summed E-state index contributed by atoms with van der Waals surface area (Å²) in [5.74, 6) is 0.519. The zero-order chi connectivity index (χ0) is 8.59. The van der Waals surface area contributed by atoms with Gasteiger partial charge in [-0.05, 0) is 5.92 Å². The minimum Gasteiger partial charge on any atom is -0.300 e. The van der Waals surface area contributed by atoms with E-state index in [1.165, 1.54) is 11.8 Å². The van der Waals surface area contributed by atoms with E-state index in [4.69, 9.17) is 12.2 Å². The van der Waals surface area contributed by atoms with Gasteiger partial charge in [-0.1, -0.05) is 37.8 Å². The molecule has 1 unspecified atom stereocenters. The summed E-state index contributed by atoms with van der Waals surface area (Å²) in [7, 11) is 1.74. The Balaban J connectivity index is 2.75. The molecule has 0 N–H and O–H groups in total. The SMILES string of the molecule is CC(C)C1SC(=S)N(C)C1=O. The molecule has 62 valence electrons. The number of amides is 1. The first-order chi connectivity index (χ1) is 5.04. The van der Waals surface area contributed by atoms with Gasteiger partial charge >= 0.3 is 0 Å². The fraction of sp³-hybridized carbons (Fsp3) is 0.714. The van der Waals surface area contributed by atoms with E-state index in [1.54, 1.807) is 11.9 Å². The Morgan fingerprint density at radius 2 is 2.18 bits per heavy atom. The van der Waals surface area contributed by atoms with Gasteiger partial charge in [0.2, 0.25) is 5.91 Å². The summed E-state index contributed by atoms with van der Waals surface area (Å²) in [6.45, 7) is 4.08. The van der Waals surface area contributed by atoms with Gasteiger partial charge in [-0.25, -0.2) is 0 Å². The van der Waals surface area contributed by atoms with E-state index < -0.39 is 0 Å². The molecule has 1 rings (SSSR count). The van der Waals surface area contributed by atoms with Crippen LogP contribution < -0.4 is 0 Å². The molecule has 0 aromatic rings. The van der Waals surface area contributed by atoms with Crippen molar-refractivity contribution in [2.24, 2.45) is 5.92 Å². The maximum absolute atomic E-state index is 11.4. The molecule has 11 heavy (non-hydrogen) atoms. The number of hydrogen-bond donors (Lipinski definition) is 0. The summed E-state index contributed by atoms with van der Waals surface area (Å²) < 4.78 is 0.703. The molecule has 4 heteroatoms. The Morgan fingerprint density at radius 3 is 2.36 bits per heavy atom. The fourth-order valence-electron chi connectivity index (χ4n) is 0.940. The second kappa shape index (κ2) is 3.11. The molecule has 1 heterocycles. The number of carbonyl (C=O) groups is 1. The van der Waals surface area contributed by atoms with Crippen LogP contribution in [0.25, 0.3) is 0 Å². The molecule has 0 spiro atoms. The summed E-state index contributed by atoms with van der Waals surface area (Å²) in [6, 6.07) is 0. The predicted molar refractivity (Wildman–Crippen MR) is 51.6 cm³/mol. The van der Waals surface area contributed by atoms with Crippen molar-refractivity contribution in [2.75, 3.05) is 7.05 Å². The monoisotopic (exact) mass is 189 g/mol. The van der Waals surface area contributed by atoms with E-state index >= 15 is 0 Å². The van der Waals surface area contributed by atoms with Crippen molar-refractivity contribution in [1.82, 2.24) is 4.90 Å². The average Bonchev–Trinajstić information content (AvgIpc) is 2.17. The summed E-state index contributed by atoms with van der Waals surface area (Å²) >= 11 is 6.48. The van der Waals surface area contributed by atoms with Crippen molar-refractivity contribution < 1.29 is 4.79 Å². The fourth-order valence-corrected chi connectivity index (χ4v) is 2.34. The molecule has 2 nitrogen and oxygen atoms in total. The van der Waals surface area contributed by atoms with E-state index in [2.05, 4.69) is 0 Å². The minimum absolute atomic E-state index is 0.0486. The number of carbonyl (C=O) groups excluding carboxylic acids is 1. The van der Waals surface area contributed by atoms with Crippen LogP contribution in [0.5, 0.6) is 0 Å². The van der Waals surface area contributed by atoms with Gasteiger partial charge in [0.25, 0.3) is 0 Å². The summed E-state index contributed by atoms with van der Waals surface area (Å²) in [4.78, 5) is 12.9. The molecular formula is C7H11NOS2. The van der Waals surface area contributed by atoms with E-state index in [0.29, 0.717) is 10.2 Å². The highest BCUT2D eigenvalue weighted by Gasteiger charge is 2.35. The van der Waals surface area contributed by atoms with Crippen LogP contribution in [0.15, 0.2) is 0 Å². The highest BCUT2D eigenvalue weighted by atomic mass is 32.2. The zero-order valence-electron chi connectivity index (χ0n) is 6.83. The standard InChI is InChI=1S/C7H11NOS2/c1-4(2)5-6(9)8(3)7(10)11-5/h4-5H,1-3H3. The van der Waals surface area contributed by atoms with Crippen LogP contribution in [-0.4, -0.2) is 27.4 Å². The highest BCUT2D eigenvalue weighted by molar-refractivity contribution is 8.24. The molecule has 0 aromatic heterocycles. The van der Waals surface area contributed by atoms with E-state index in [9.17, 15) is 4.79 Å². The number of nitrogens with zero attached hydrogens (tertiary/aromatic N) is 1. The van der Waals surface area contributed by atoms with Gasteiger partial charge in [-0.15, -0.1) is 0 Å². The van der Waals surface area contributed by atoms with Crippen molar-refractivity contribution in [3.8, 4) is 0 Å². The van der Waals surface area contributed by atoms with Crippen LogP contribution in [0.1, 0.15) is 13.8 Å². The lowest BCUT2D eigenvalue weighted by Crippen LogP contribution is -2.29. The molecule has 1 atom stereocenters. The second-order valence-electron chi connectivity index (χ2n) is 2.95. The molecule has 1 fully saturated rings. The first kappa shape index (κ1) is 9.00. The summed E-state index contributed by atoms with van der Waals surface area (Å²) in [5, 5.41) is 0.0486. The van der Waals surface area contributed by atoms with Crippen LogP contribution in [0.4, 0.5) is 0 Å². The first-order valence-electron chi connectivity index (χ1n) is 3.52. The second-order valence-corrected chi connectivity index (χ2v) is 4.72. The Labute approximate surface area is 76.3 Å². The Bertz CT molecular complexity index is 203. The third-order valence-corrected chi connectivity index (χ3v) is 3.72. The molecule has 0 aromatic carbocycles. The number of thioether (sulfide) groups is 1. The molecule has 0 radical (unpaired) electrons. The lowest BCUT2D eigenvalue weighted by Gasteiger charge is -2.10. The Kier molecular flexibility index (Phi) is 2.54. The topological polar surface area (TPSA) is 20.3 Å². The molecule has 1 aliphatic rings. The smallest absolute Gasteiger partial charge is 0.241 e. The number of thiocarbonyl (C=S) groups is 1. The lowest BCUT2D eigenvalue weighted by molar-refractivity contribution is -0.125. The van der Waals surface area contributed by atoms with Crippen molar-refractivity contribution in [3.63, 3.8) is 0 Å². The Hall–Kier alpha value is -0.0900. The highest BCUT2D eigenvalue weighted by Crippen LogP contribution is 2.30. The third-order valence-electron chi connectivity index (χ3n) is 1.68. The van der Waals surface area contributed by atoms with Crippen molar-refractivity contribution in [1.29, 1.82) is 0 Å². The van der Waals surface area contributed by atoms with E-state index in [-0.39, 0.29) is 11.2 Å². The van der Waals surface area contributed by atoms with Gasteiger partial charge in [0, 0.05) is 7.05 Å². The molecule has 1 saturated heterocycles. The van der Waals surface area contributed by atoms with Gasteiger partial charge in [0.1, 0.15) is 4.32 Å². The summed E-state index contributed by atoms with van der Waals surface area (Å²) in [5.41, 5.74) is 0. The van der Waals surface area contributed by atoms with Gasteiger partial charge in [0.05, 0.1) is 5.25 Å². The van der Waals surface area contributed by atoms with Gasteiger partial charge < -0.3 is 0 Å².